The van der Waals surface area contributed by atoms with Crippen molar-refractivity contribution in [2.45, 2.75) is 52.4 Å². The van der Waals surface area contributed by atoms with Crippen molar-refractivity contribution in [2.75, 3.05) is 13.2 Å². The highest BCUT2D eigenvalue weighted by Crippen LogP contribution is 2.25. The first-order valence-electron chi connectivity index (χ1n) is 7.04. The van der Waals surface area contributed by atoms with Crippen molar-refractivity contribution in [1.29, 1.82) is 0 Å². The van der Waals surface area contributed by atoms with E-state index in [9.17, 15) is 5.11 Å². The van der Waals surface area contributed by atoms with Gasteiger partial charge in [0.05, 0.1) is 6.10 Å². The number of ether oxygens (including phenoxy) is 1. The van der Waals surface area contributed by atoms with Gasteiger partial charge < -0.3 is 15.2 Å². The van der Waals surface area contributed by atoms with Gasteiger partial charge >= 0.3 is 0 Å². The number of benzene rings is 1. The Morgan fingerprint density at radius 3 is 2.47 bits per heavy atom. The molecule has 0 bridgehead atoms. The van der Waals surface area contributed by atoms with Crippen LogP contribution in [-0.4, -0.2) is 30.0 Å². The molecule has 1 heterocycles. The lowest BCUT2D eigenvalue weighted by molar-refractivity contribution is -0.0263. The fourth-order valence-corrected chi connectivity index (χ4v) is 2.90. The van der Waals surface area contributed by atoms with E-state index >= 15 is 0 Å². The van der Waals surface area contributed by atoms with Crippen molar-refractivity contribution in [3.63, 3.8) is 0 Å². The summed E-state index contributed by atoms with van der Waals surface area (Å²) in [7, 11) is 0. The topological polar surface area (TPSA) is 41.5 Å². The van der Waals surface area contributed by atoms with Gasteiger partial charge in [0.15, 0.2) is 0 Å². The van der Waals surface area contributed by atoms with E-state index in [2.05, 4.69) is 38.2 Å². The second-order valence-electron chi connectivity index (χ2n) is 5.85. The van der Waals surface area contributed by atoms with Crippen molar-refractivity contribution >= 4 is 0 Å². The van der Waals surface area contributed by atoms with Crippen LogP contribution in [0.1, 0.15) is 35.6 Å². The maximum Gasteiger partial charge on any atom is 0.105 e. The highest BCUT2D eigenvalue weighted by Gasteiger charge is 2.38. The van der Waals surface area contributed by atoms with Gasteiger partial charge in [-0.1, -0.05) is 17.7 Å². The van der Waals surface area contributed by atoms with Gasteiger partial charge in [0.2, 0.25) is 0 Å². The molecule has 0 radical (unpaired) electrons. The fourth-order valence-electron chi connectivity index (χ4n) is 2.90. The van der Waals surface area contributed by atoms with E-state index in [0.717, 1.165) is 6.54 Å². The molecule has 19 heavy (non-hydrogen) atoms. The highest BCUT2D eigenvalue weighted by atomic mass is 16.5. The average Bonchev–Trinajstić information content (AvgIpc) is 2.63. The normalized spacial score (nSPS) is 26.9. The molecular weight excluding hydrogens is 238 g/mol. The van der Waals surface area contributed by atoms with Crippen LogP contribution in [0.2, 0.25) is 0 Å². The third-order valence-corrected chi connectivity index (χ3v) is 4.23. The van der Waals surface area contributed by atoms with Gasteiger partial charge in [-0.05, 0) is 44.4 Å². The standard InChI is InChI=1S/C16H25NO2/c1-11-7-12(2)15(13(3)8-11)9-17-10-16(18)5-6-19-14(16)4/h7-8,14,17-18H,5-6,9-10H2,1-4H3. The van der Waals surface area contributed by atoms with Crippen LogP contribution in [0.15, 0.2) is 12.1 Å². The molecule has 0 aromatic heterocycles. The van der Waals surface area contributed by atoms with Crippen molar-refractivity contribution in [2.24, 2.45) is 0 Å². The van der Waals surface area contributed by atoms with Crippen LogP contribution in [-0.2, 0) is 11.3 Å². The number of aliphatic hydroxyl groups is 1. The first kappa shape index (κ1) is 14.5. The minimum atomic E-state index is -0.716. The molecule has 0 aliphatic carbocycles. The summed E-state index contributed by atoms with van der Waals surface area (Å²) in [5, 5.41) is 13.8. The summed E-state index contributed by atoms with van der Waals surface area (Å²) >= 11 is 0. The first-order chi connectivity index (χ1) is 8.92. The number of nitrogens with one attached hydrogen (secondary N) is 1. The predicted octanol–water partition coefficient (Wildman–Crippen LogP) is 2.24. The zero-order chi connectivity index (χ0) is 14.0. The summed E-state index contributed by atoms with van der Waals surface area (Å²) < 4.78 is 5.44. The van der Waals surface area contributed by atoms with E-state index in [0.29, 0.717) is 19.6 Å². The molecule has 1 aromatic rings. The second-order valence-corrected chi connectivity index (χ2v) is 5.85. The van der Waals surface area contributed by atoms with Crippen LogP contribution >= 0.6 is 0 Å². The molecule has 1 aromatic carbocycles. The number of rotatable bonds is 4. The summed E-state index contributed by atoms with van der Waals surface area (Å²) in [6.07, 6.45) is 0.632. The molecule has 2 unspecified atom stereocenters. The largest absolute Gasteiger partial charge is 0.386 e. The fraction of sp³-hybridized carbons (Fsp3) is 0.625. The minimum absolute atomic E-state index is 0.0831. The summed E-state index contributed by atoms with van der Waals surface area (Å²) in [4.78, 5) is 0. The Hall–Kier alpha value is -0.900. The Labute approximate surface area is 116 Å². The van der Waals surface area contributed by atoms with Crippen LogP contribution in [0.5, 0.6) is 0 Å². The molecule has 1 fully saturated rings. The van der Waals surface area contributed by atoms with E-state index in [-0.39, 0.29) is 6.10 Å². The van der Waals surface area contributed by atoms with Crippen LogP contribution in [0.4, 0.5) is 0 Å². The molecular formula is C16H25NO2. The van der Waals surface area contributed by atoms with Crippen molar-refractivity contribution in [3.8, 4) is 0 Å². The lowest BCUT2D eigenvalue weighted by Crippen LogP contribution is -2.45. The SMILES string of the molecule is Cc1cc(C)c(CNCC2(O)CCOC2C)c(C)c1. The number of hydrogen-bond donors (Lipinski definition) is 2. The van der Waals surface area contributed by atoms with Crippen molar-refractivity contribution in [3.05, 3.63) is 34.4 Å². The smallest absolute Gasteiger partial charge is 0.105 e. The van der Waals surface area contributed by atoms with Gasteiger partial charge in [0, 0.05) is 26.1 Å². The molecule has 2 N–H and O–H groups in total. The Morgan fingerprint density at radius 1 is 1.32 bits per heavy atom. The second kappa shape index (κ2) is 5.61. The van der Waals surface area contributed by atoms with E-state index < -0.39 is 5.60 Å². The van der Waals surface area contributed by atoms with Gasteiger partial charge in [0.25, 0.3) is 0 Å². The third kappa shape index (κ3) is 3.16. The van der Waals surface area contributed by atoms with Crippen molar-refractivity contribution < 1.29 is 9.84 Å². The van der Waals surface area contributed by atoms with Crippen LogP contribution in [0.3, 0.4) is 0 Å². The van der Waals surface area contributed by atoms with E-state index in [1.807, 2.05) is 6.92 Å². The van der Waals surface area contributed by atoms with Gasteiger partial charge in [-0.15, -0.1) is 0 Å². The summed E-state index contributed by atoms with van der Waals surface area (Å²) in [5.74, 6) is 0. The molecule has 3 nitrogen and oxygen atoms in total. The first-order valence-corrected chi connectivity index (χ1v) is 7.04. The third-order valence-electron chi connectivity index (χ3n) is 4.23. The van der Waals surface area contributed by atoms with Gasteiger partial charge in [-0.3, -0.25) is 0 Å². The Balaban J connectivity index is 1.96. The molecule has 1 saturated heterocycles. The summed E-state index contributed by atoms with van der Waals surface area (Å²) in [5.41, 5.74) is 4.54. The minimum Gasteiger partial charge on any atom is -0.386 e. The molecule has 3 heteroatoms. The highest BCUT2D eigenvalue weighted by molar-refractivity contribution is 5.37. The monoisotopic (exact) mass is 263 g/mol. The molecule has 1 aliphatic rings. The Kier molecular flexibility index (Phi) is 4.29. The predicted molar refractivity (Wildman–Crippen MR) is 77.3 cm³/mol. The lowest BCUT2D eigenvalue weighted by atomic mass is 9.96. The molecule has 1 aliphatic heterocycles. The molecule has 106 valence electrons. The molecule has 2 atom stereocenters. The average molecular weight is 263 g/mol. The maximum absolute atomic E-state index is 10.4. The zero-order valence-corrected chi connectivity index (χ0v) is 12.4. The molecule has 0 spiro atoms. The molecule has 0 amide bonds. The lowest BCUT2D eigenvalue weighted by Gasteiger charge is -2.26. The van der Waals surface area contributed by atoms with Gasteiger partial charge in [0.1, 0.15) is 5.60 Å². The zero-order valence-electron chi connectivity index (χ0n) is 12.4. The number of hydrogen-bond acceptors (Lipinski definition) is 3. The summed E-state index contributed by atoms with van der Waals surface area (Å²) in [6, 6.07) is 4.42. The van der Waals surface area contributed by atoms with E-state index in [1.165, 1.54) is 22.3 Å². The van der Waals surface area contributed by atoms with Gasteiger partial charge in [-0.2, -0.15) is 0 Å². The van der Waals surface area contributed by atoms with Gasteiger partial charge in [-0.25, -0.2) is 0 Å². The molecule has 0 saturated carbocycles. The van der Waals surface area contributed by atoms with E-state index in [1.54, 1.807) is 0 Å². The molecule has 2 rings (SSSR count). The number of aryl methyl sites for hydroxylation is 3. The van der Waals surface area contributed by atoms with Crippen LogP contribution in [0, 0.1) is 20.8 Å². The van der Waals surface area contributed by atoms with Crippen molar-refractivity contribution in [1.82, 2.24) is 5.32 Å². The quantitative estimate of drug-likeness (QED) is 0.875. The Bertz CT molecular complexity index is 435. The van der Waals surface area contributed by atoms with Crippen LogP contribution in [0.25, 0.3) is 0 Å². The van der Waals surface area contributed by atoms with Crippen LogP contribution < -0.4 is 5.32 Å². The Morgan fingerprint density at radius 2 is 1.95 bits per heavy atom. The van der Waals surface area contributed by atoms with E-state index in [4.69, 9.17) is 4.74 Å². The maximum atomic E-state index is 10.4. The summed E-state index contributed by atoms with van der Waals surface area (Å²) in [6.45, 7) is 10.4.